The Bertz CT molecular complexity index is 1250. The highest BCUT2D eigenvalue weighted by atomic mass is 16.5. The minimum absolute atomic E-state index is 0.0950. The summed E-state index contributed by atoms with van der Waals surface area (Å²) in [6, 6.07) is 11.5. The van der Waals surface area contributed by atoms with Crippen molar-refractivity contribution in [1.29, 1.82) is 0 Å². The van der Waals surface area contributed by atoms with Crippen molar-refractivity contribution in [2.24, 2.45) is 17.8 Å². The van der Waals surface area contributed by atoms with Crippen molar-refractivity contribution in [2.45, 2.75) is 52.0 Å². The number of likely N-dealkylation sites (tertiary alicyclic amines) is 1. The molecule has 0 radical (unpaired) electrons. The summed E-state index contributed by atoms with van der Waals surface area (Å²) in [6.45, 7) is 4.17. The second-order valence-electron chi connectivity index (χ2n) is 10.2. The third kappa shape index (κ3) is 4.11. The van der Waals surface area contributed by atoms with Crippen molar-refractivity contribution in [1.82, 2.24) is 4.90 Å². The minimum atomic E-state index is -0.940. The van der Waals surface area contributed by atoms with Crippen LogP contribution in [0.5, 0.6) is 5.75 Å². The standard InChI is InChI=1S/C28H32BNO5/c1-4-17-14-21-26(28(33)30(3)27(21)32)22-15-29(34)35-24(25(17)22)12-9-16(2)13-18-10-11-23(31)20-8-6-5-7-19(18)20/h5-8,10-11,13,21-22,24,26,31,34H,4,9,12,14-15H2,1-3H3/b16-13+/t21-,22+,24-,26-/m1/s1. The molecule has 2 heterocycles. The summed E-state index contributed by atoms with van der Waals surface area (Å²) in [5.74, 6) is -0.802. The highest BCUT2D eigenvalue weighted by Crippen LogP contribution is 2.50. The summed E-state index contributed by atoms with van der Waals surface area (Å²) >= 11 is 0. The molecule has 2 saturated heterocycles. The Morgan fingerprint density at radius 1 is 1.14 bits per heavy atom. The van der Waals surface area contributed by atoms with Crippen LogP contribution in [-0.2, 0) is 14.2 Å². The fraction of sp³-hybridized carbons (Fsp3) is 0.429. The number of rotatable bonds is 5. The summed E-state index contributed by atoms with van der Waals surface area (Å²) in [4.78, 5) is 26.9. The number of allylic oxidation sites excluding steroid dienone is 2. The Morgan fingerprint density at radius 2 is 1.89 bits per heavy atom. The van der Waals surface area contributed by atoms with Crippen molar-refractivity contribution in [3.05, 3.63) is 58.7 Å². The first kappa shape index (κ1) is 23.8. The number of hydrogen-bond acceptors (Lipinski definition) is 5. The predicted molar refractivity (Wildman–Crippen MR) is 136 cm³/mol. The maximum Gasteiger partial charge on any atom is 0.455 e. The molecule has 0 unspecified atom stereocenters. The van der Waals surface area contributed by atoms with Crippen LogP contribution >= 0.6 is 0 Å². The number of hydrogen-bond donors (Lipinski definition) is 2. The number of imide groups is 1. The largest absolute Gasteiger partial charge is 0.507 e. The van der Waals surface area contributed by atoms with Gasteiger partial charge in [-0.3, -0.25) is 14.5 Å². The molecule has 3 aliphatic rings. The quantitative estimate of drug-likeness (QED) is 0.378. The van der Waals surface area contributed by atoms with Gasteiger partial charge in [-0.15, -0.1) is 0 Å². The number of phenols is 1. The van der Waals surface area contributed by atoms with Crippen molar-refractivity contribution >= 4 is 35.8 Å². The van der Waals surface area contributed by atoms with E-state index in [0.29, 0.717) is 19.2 Å². The van der Waals surface area contributed by atoms with Crippen LogP contribution in [0.1, 0.15) is 45.1 Å². The Morgan fingerprint density at radius 3 is 2.63 bits per heavy atom. The number of nitrogens with zero attached hydrogens (tertiary/aromatic N) is 1. The lowest BCUT2D eigenvalue weighted by atomic mass is 9.58. The Hall–Kier alpha value is -2.90. The Balaban J connectivity index is 1.41. The van der Waals surface area contributed by atoms with E-state index in [2.05, 4.69) is 19.9 Å². The van der Waals surface area contributed by atoms with Gasteiger partial charge in [0.1, 0.15) is 5.75 Å². The van der Waals surface area contributed by atoms with Crippen LogP contribution in [0.15, 0.2) is 53.1 Å². The van der Waals surface area contributed by atoms with Gasteiger partial charge in [0, 0.05) is 12.4 Å². The lowest BCUT2D eigenvalue weighted by Crippen LogP contribution is -2.46. The zero-order valence-electron chi connectivity index (χ0n) is 20.5. The summed E-state index contributed by atoms with van der Waals surface area (Å²) < 4.78 is 6.04. The fourth-order valence-corrected chi connectivity index (χ4v) is 6.39. The zero-order chi connectivity index (χ0) is 24.9. The van der Waals surface area contributed by atoms with E-state index >= 15 is 0 Å². The van der Waals surface area contributed by atoms with Gasteiger partial charge >= 0.3 is 7.12 Å². The van der Waals surface area contributed by atoms with Crippen LogP contribution in [0.25, 0.3) is 16.8 Å². The molecule has 7 heteroatoms. The lowest BCUT2D eigenvalue weighted by Gasteiger charge is -2.43. The maximum absolute atomic E-state index is 12.9. The van der Waals surface area contributed by atoms with Crippen molar-refractivity contribution in [2.75, 3.05) is 7.05 Å². The van der Waals surface area contributed by atoms with Crippen LogP contribution in [0, 0.1) is 17.8 Å². The van der Waals surface area contributed by atoms with Gasteiger partial charge in [-0.1, -0.05) is 54.5 Å². The number of carbonyl (C=O) groups excluding carboxylic acids is 2. The molecule has 35 heavy (non-hydrogen) atoms. The number of carbonyl (C=O) groups is 2. The molecular weight excluding hydrogens is 441 g/mol. The van der Waals surface area contributed by atoms with Crippen molar-refractivity contribution < 1.29 is 24.4 Å². The highest BCUT2D eigenvalue weighted by Gasteiger charge is 2.56. The average Bonchev–Trinajstić information content (AvgIpc) is 3.07. The molecule has 2 aliphatic heterocycles. The molecule has 5 rings (SSSR count). The van der Waals surface area contributed by atoms with E-state index in [1.54, 1.807) is 13.1 Å². The summed E-state index contributed by atoms with van der Waals surface area (Å²) in [5, 5.41) is 22.6. The van der Waals surface area contributed by atoms with Gasteiger partial charge in [0.2, 0.25) is 11.8 Å². The summed E-state index contributed by atoms with van der Waals surface area (Å²) in [7, 11) is 0.632. The molecule has 0 bridgehead atoms. The maximum atomic E-state index is 12.9. The molecule has 2 amide bonds. The molecule has 6 nitrogen and oxygen atoms in total. The van der Waals surface area contributed by atoms with Gasteiger partial charge in [-0.05, 0) is 67.4 Å². The molecule has 2 aromatic carbocycles. The van der Waals surface area contributed by atoms with Gasteiger partial charge < -0.3 is 14.8 Å². The van der Waals surface area contributed by atoms with Crippen molar-refractivity contribution in [3.8, 4) is 5.75 Å². The number of amides is 2. The molecular formula is C28H32BNO5. The summed E-state index contributed by atoms with van der Waals surface area (Å²) in [5.41, 5.74) is 4.56. The SMILES string of the molecule is CCC1=C2[C@@H](CC/C(C)=C/c3ccc(O)c4ccccc34)OB(O)C[C@@H]2[C@@H]2C(=O)N(C)C(=O)[C@@H]2C1. The van der Waals surface area contributed by atoms with Gasteiger partial charge in [-0.2, -0.15) is 0 Å². The number of fused-ring (bicyclic) bond motifs is 4. The third-order valence-electron chi connectivity index (χ3n) is 8.09. The van der Waals surface area contributed by atoms with Gasteiger partial charge in [0.05, 0.1) is 17.9 Å². The molecule has 2 N–H and O–H groups in total. The Kier molecular flexibility index (Phi) is 6.32. The van der Waals surface area contributed by atoms with Gasteiger partial charge in [-0.25, -0.2) is 0 Å². The number of benzene rings is 2. The number of phenolic OH excluding ortho intramolecular Hbond substituents is 1. The molecule has 4 atom stereocenters. The second kappa shape index (κ2) is 9.28. The zero-order valence-corrected chi connectivity index (χ0v) is 20.5. The molecule has 2 aromatic rings. The second-order valence-corrected chi connectivity index (χ2v) is 10.2. The smallest absolute Gasteiger partial charge is 0.455 e. The lowest BCUT2D eigenvalue weighted by molar-refractivity contribution is -0.138. The average molecular weight is 473 g/mol. The van der Waals surface area contributed by atoms with E-state index in [-0.39, 0.29) is 41.4 Å². The van der Waals surface area contributed by atoms with Gasteiger partial charge in [0.25, 0.3) is 0 Å². The molecule has 0 saturated carbocycles. The van der Waals surface area contributed by atoms with Crippen LogP contribution in [0.4, 0.5) is 0 Å². The van der Waals surface area contributed by atoms with E-state index in [0.717, 1.165) is 34.8 Å². The first-order valence-corrected chi connectivity index (χ1v) is 12.5. The molecule has 2 fully saturated rings. The summed E-state index contributed by atoms with van der Waals surface area (Å²) in [6.07, 6.45) is 5.10. The van der Waals surface area contributed by atoms with Crippen LogP contribution in [-0.4, -0.2) is 47.1 Å². The predicted octanol–water partition coefficient (Wildman–Crippen LogP) is 4.57. The molecule has 1 aliphatic carbocycles. The van der Waals surface area contributed by atoms with Crippen molar-refractivity contribution in [3.63, 3.8) is 0 Å². The van der Waals surface area contributed by atoms with E-state index in [9.17, 15) is 19.7 Å². The monoisotopic (exact) mass is 473 g/mol. The van der Waals surface area contributed by atoms with E-state index in [1.165, 1.54) is 16.0 Å². The van der Waals surface area contributed by atoms with E-state index in [4.69, 9.17) is 4.65 Å². The van der Waals surface area contributed by atoms with E-state index < -0.39 is 7.12 Å². The first-order chi connectivity index (χ1) is 16.8. The van der Waals surface area contributed by atoms with Crippen LogP contribution < -0.4 is 0 Å². The first-order valence-electron chi connectivity index (χ1n) is 12.5. The molecule has 0 spiro atoms. The topological polar surface area (TPSA) is 87.1 Å². The highest BCUT2D eigenvalue weighted by molar-refractivity contribution is 6.43. The molecule has 0 aromatic heterocycles. The normalized spacial score (nSPS) is 27.0. The van der Waals surface area contributed by atoms with Crippen LogP contribution in [0.3, 0.4) is 0 Å². The fourth-order valence-electron chi connectivity index (χ4n) is 6.39. The van der Waals surface area contributed by atoms with E-state index in [1.807, 2.05) is 30.3 Å². The minimum Gasteiger partial charge on any atom is -0.507 e. The van der Waals surface area contributed by atoms with Gasteiger partial charge in [0.15, 0.2) is 0 Å². The Labute approximate surface area is 206 Å². The third-order valence-corrected chi connectivity index (χ3v) is 8.09. The number of aromatic hydroxyl groups is 1. The molecule has 182 valence electrons. The van der Waals surface area contributed by atoms with Crippen LogP contribution in [0.2, 0.25) is 6.32 Å².